The highest BCUT2D eigenvalue weighted by atomic mass is 35.5. The molecule has 0 spiro atoms. The number of benzene rings is 1. The van der Waals surface area contributed by atoms with Gasteiger partial charge in [-0.25, -0.2) is 0 Å². The number of aliphatic hydroxyl groups is 1. The Labute approximate surface area is 111 Å². The Morgan fingerprint density at radius 3 is 2.61 bits per heavy atom. The molecular weight excluding hydrogens is 256 g/mol. The highest BCUT2D eigenvalue weighted by Crippen LogP contribution is 2.29. The second-order valence-electron chi connectivity index (χ2n) is 4.24. The molecule has 1 aromatic rings. The van der Waals surface area contributed by atoms with Crippen LogP contribution in [0.5, 0.6) is 5.75 Å². The standard InChI is InChI=1S/C13H17ClO4/c1-16-6-7-17-13-11(15)8-12(13)18-10-4-2-9(14)3-5-10/h2-5,11-13,15H,6-8H2,1H3. The van der Waals surface area contributed by atoms with Gasteiger partial charge in [0.15, 0.2) is 0 Å². The van der Waals surface area contributed by atoms with E-state index in [2.05, 4.69) is 0 Å². The van der Waals surface area contributed by atoms with E-state index in [0.29, 0.717) is 24.7 Å². The van der Waals surface area contributed by atoms with Crippen molar-refractivity contribution in [2.24, 2.45) is 0 Å². The second kappa shape index (κ2) is 6.38. The number of halogens is 1. The molecule has 4 nitrogen and oxygen atoms in total. The molecule has 2 rings (SSSR count). The van der Waals surface area contributed by atoms with Gasteiger partial charge in [-0.05, 0) is 24.3 Å². The molecule has 100 valence electrons. The van der Waals surface area contributed by atoms with Gasteiger partial charge in [-0.15, -0.1) is 0 Å². The zero-order valence-corrected chi connectivity index (χ0v) is 11.0. The topological polar surface area (TPSA) is 47.9 Å². The fraction of sp³-hybridized carbons (Fsp3) is 0.538. The van der Waals surface area contributed by atoms with Gasteiger partial charge in [0, 0.05) is 18.6 Å². The van der Waals surface area contributed by atoms with Crippen molar-refractivity contribution in [2.75, 3.05) is 20.3 Å². The van der Waals surface area contributed by atoms with Crippen molar-refractivity contribution in [3.63, 3.8) is 0 Å². The van der Waals surface area contributed by atoms with Crippen LogP contribution in [0.4, 0.5) is 0 Å². The van der Waals surface area contributed by atoms with Crippen molar-refractivity contribution in [1.82, 2.24) is 0 Å². The first-order valence-electron chi connectivity index (χ1n) is 5.91. The lowest BCUT2D eigenvalue weighted by atomic mass is 9.88. The quantitative estimate of drug-likeness (QED) is 0.804. The third-order valence-corrected chi connectivity index (χ3v) is 3.17. The molecule has 0 radical (unpaired) electrons. The van der Waals surface area contributed by atoms with Crippen LogP contribution in [0.3, 0.4) is 0 Å². The number of rotatable bonds is 6. The summed E-state index contributed by atoms with van der Waals surface area (Å²) in [4.78, 5) is 0. The number of methoxy groups -OCH3 is 1. The highest BCUT2D eigenvalue weighted by Gasteiger charge is 2.42. The van der Waals surface area contributed by atoms with Gasteiger partial charge in [-0.3, -0.25) is 0 Å². The van der Waals surface area contributed by atoms with Gasteiger partial charge >= 0.3 is 0 Å². The monoisotopic (exact) mass is 272 g/mol. The maximum absolute atomic E-state index is 9.63. The minimum absolute atomic E-state index is 0.113. The molecule has 5 heteroatoms. The molecule has 1 aromatic carbocycles. The van der Waals surface area contributed by atoms with Crippen molar-refractivity contribution < 1.29 is 19.3 Å². The third kappa shape index (κ3) is 3.36. The van der Waals surface area contributed by atoms with Crippen LogP contribution in [0.15, 0.2) is 24.3 Å². The summed E-state index contributed by atoms with van der Waals surface area (Å²) in [6.07, 6.45) is -0.270. The molecule has 3 atom stereocenters. The van der Waals surface area contributed by atoms with Crippen LogP contribution >= 0.6 is 11.6 Å². The summed E-state index contributed by atoms with van der Waals surface area (Å²) < 4.78 is 16.1. The summed E-state index contributed by atoms with van der Waals surface area (Å²) in [7, 11) is 1.61. The molecule has 0 aliphatic heterocycles. The van der Waals surface area contributed by atoms with E-state index < -0.39 is 6.10 Å². The smallest absolute Gasteiger partial charge is 0.130 e. The molecule has 0 saturated heterocycles. The lowest BCUT2D eigenvalue weighted by Crippen LogP contribution is -2.55. The Hall–Kier alpha value is -0.810. The predicted molar refractivity (Wildman–Crippen MR) is 68.1 cm³/mol. The molecule has 1 aliphatic rings. The maximum Gasteiger partial charge on any atom is 0.130 e. The molecule has 0 bridgehead atoms. The van der Waals surface area contributed by atoms with Crippen molar-refractivity contribution in [1.29, 1.82) is 0 Å². The van der Waals surface area contributed by atoms with Crippen LogP contribution in [0, 0.1) is 0 Å². The fourth-order valence-corrected chi connectivity index (χ4v) is 1.97. The summed E-state index contributed by atoms with van der Waals surface area (Å²) in [5.74, 6) is 0.733. The molecule has 1 aliphatic carbocycles. The first-order chi connectivity index (χ1) is 8.70. The largest absolute Gasteiger partial charge is 0.488 e. The van der Waals surface area contributed by atoms with E-state index in [1.54, 1.807) is 31.4 Å². The van der Waals surface area contributed by atoms with Crippen LogP contribution in [0.1, 0.15) is 6.42 Å². The van der Waals surface area contributed by atoms with Crippen molar-refractivity contribution in [2.45, 2.75) is 24.7 Å². The Morgan fingerprint density at radius 2 is 2.00 bits per heavy atom. The Morgan fingerprint density at radius 1 is 1.28 bits per heavy atom. The molecule has 3 unspecified atom stereocenters. The molecule has 18 heavy (non-hydrogen) atoms. The highest BCUT2D eigenvalue weighted by molar-refractivity contribution is 6.30. The summed E-state index contributed by atoms with van der Waals surface area (Å²) in [5.41, 5.74) is 0. The van der Waals surface area contributed by atoms with E-state index in [4.69, 9.17) is 25.8 Å². The van der Waals surface area contributed by atoms with Gasteiger partial charge in [-0.2, -0.15) is 0 Å². The molecule has 0 amide bonds. The number of aliphatic hydroxyl groups excluding tert-OH is 1. The van der Waals surface area contributed by atoms with Crippen LogP contribution in [0.2, 0.25) is 5.02 Å². The normalized spacial score (nSPS) is 26.7. The van der Waals surface area contributed by atoms with Crippen LogP contribution in [0.25, 0.3) is 0 Å². The summed E-state index contributed by atoms with van der Waals surface area (Å²) in [6, 6.07) is 7.15. The Kier molecular flexibility index (Phi) is 4.83. The number of hydrogen-bond donors (Lipinski definition) is 1. The molecule has 0 heterocycles. The fourth-order valence-electron chi connectivity index (χ4n) is 1.85. The molecule has 1 saturated carbocycles. The van der Waals surface area contributed by atoms with Gasteiger partial charge in [0.2, 0.25) is 0 Å². The lowest BCUT2D eigenvalue weighted by Gasteiger charge is -2.40. The zero-order valence-electron chi connectivity index (χ0n) is 10.2. The summed E-state index contributed by atoms with van der Waals surface area (Å²) >= 11 is 5.80. The van der Waals surface area contributed by atoms with E-state index in [9.17, 15) is 5.11 Å². The molecule has 1 fully saturated rings. The first kappa shape index (κ1) is 13.6. The summed E-state index contributed by atoms with van der Waals surface area (Å²) in [5, 5.41) is 10.3. The third-order valence-electron chi connectivity index (χ3n) is 2.92. The zero-order chi connectivity index (χ0) is 13.0. The van der Waals surface area contributed by atoms with Crippen molar-refractivity contribution in [3.8, 4) is 5.75 Å². The van der Waals surface area contributed by atoms with E-state index in [0.717, 1.165) is 5.75 Å². The summed E-state index contributed by atoms with van der Waals surface area (Å²) in [6.45, 7) is 0.968. The van der Waals surface area contributed by atoms with E-state index >= 15 is 0 Å². The average Bonchev–Trinajstić information content (AvgIpc) is 2.36. The van der Waals surface area contributed by atoms with Gasteiger partial charge in [-0.1, -0.05) is 11.6 Å². The van der Waals surface area contributed by atoms with Gasteiger partial charge in [0.1, 0.15) is 18.0 Å². The molecule has 1 N–H and O–H groups in total. The van der Waals surface area contributed by atoms with Crippen LogP contribution in [-0.4, -0.2) is 43.7 Å². The molecular formula is C13H17ClO4. The van der Waals surface area contributed by atoms with Gasteiger partial charge < -0.3 is 19.3 Å². The van der Waals surface area contributed by atoms with Crippen molar-refractivity contribution >= 4 is 11.6 Å². The predicted octanol–water partition coefficient (Wildman–Crippen LogP) is 1.88. The van der Waals surface area contributed by atoms with Crippen LogP contribution < -0.4 is 4.74 Å². The lowest BCUT2D eigenvalue weighted by molar-refractivity contribution is -0.167. The minimum Gasteiger partial charge on any atom is -0.488 e. The van der Waals surface area contributed by atoms with E-state index in [1.807, 2.05) is 0 Å². The second-order valence-corrected chi connectivity index (χ2v) is 4.68. The number of ether oxygens (including phenoxy) is 3. The average molecular weight is 273 g/mol. The molecule has 0 aromatic heterocycles. The van der Waals surface area contributed by atoms with Gasteiger partial charge in [0.25, 0.3) is 0 Å². The van der Waals surface area contributed by atoms with Crippen molar-refractivity contribution in [3.05, 3.63) is 29.3 Å². The van der Waals surface area contributed by atoms with Gasteiger partial charge in [0.05, 0.1) is 19.3 Å². The van der Waals surface area contributed by atoms with E-state index in [-0.39, 0.29) is 12.2 Å². The first-order valence-corrected chi connectivity index (χ1v) is 6.29. The Balaban J connectivity index is 1.83. The Bertz CT molecular complexity index is 368. The minimum atomic E-state index is -0.459. The number of hydrogen-bond acceptors (Lipinski definition) is 4. The van der Waals surface area contributed by atoms with Crippen LogP contribution in [-0.2, 0) is 9.47 Å². The SMILES string of the molecule is COCCOC1C(O)CC1Oc1ccc(Cl)cc1. The van der Waals surface area contributed by atoms with E-state index in [1.165, 1.54) is 0 Å². The maximum atomic E-state index is 9.63.